The van der Waals surface area contributed by atoms with Gasteiger partial charge in [0.2, 0.25) is 5.91 Å². The Balaban J connectivity index is 2.36. The van der Waals surface area contributed by atoms with Crippen LogP contribution < -0.4 is 20.1 Å². The summed E-state index contributed by atoms with van der Waals surface area (Å²) in [5.41, 5.74) is 1.58. The van der Waals surface area contributed by atoms with Crippen LogP contribution in [0.1, 0.15) is 58.8 Å². The third-order valence-electron chi connectivity index (χ3n) is 5.58. The van der Waals surface area contributed by atoms with Crippen molar-refractivity contribution in [2.45, 2.75) is 59.7 Å². The quantitative estimate of drug-likeness (QED) is 0.242. The molecule has 2 aromatic rings. The van der Waals surface area contributed by atoms with Gasteiger partial charge in [-0.1, -0.05) is 51.1 Å². The molecule has 0 aromatic heterocycles. The van der Waals surface area contributed by atoms with Crippen molar-refractivity contribution in [2.24, 2.45) is 5.41 Å². The number of carbonyl (C=O) groups is 1. The zero-order valence-electron chi connectivity index (χ0n) is 22.2. The van der Waals surface area contributed by atoms with Crippen LogP contribution in [-0.2, 0) is 4.79 Å². The fourth-order valence-corrected chi connectivity index (χ4v) is 3.47. The van der Waals surface area contributed by atoms with E-state index in [2.05, 4.69) is 10.6 Å². The Labute approximate surface area is 214 Å². The molecule has 6 nitrogen and oxygen atoms in total. The molecular weight excluding hydrogens is 457 g/mol. The van der Waals surface area contributed by atoms with Gasteiger partial charge in [0.1, 0.15) is 23.4 Å². The molecule has 36 heavy (non-hydrogen) atoms. The number of ether oxygens (including phenoxy) is 2. The molecular formula is C29H38FN3O3. The first kappa shape index (κ1) is 28.6. The summed E-state index contributed by atoms with van der Waals surface area (Å²) in [6, 6.07) is 12.4. The van der Waals surface area contributed by atoms with Crippen LogP contribution in [0.2, 0.25) is 0 Å². The van der Waals surface area contributed by atoms with Crippen molar-refractivity contribution in [3.63, 3.8) is 0 Å². The first-order chi connectivity index (χ1) is 17.0. The summed E-state index contributed by atoms with van der Waals surface area (Å²) < 4.78 is 25.4. The summed E-state index contributed by atoms with van der Waals surface area (Å²) >= 11 is 0. The summed E-state index contributed by atoms with van der Waals surface area (Å²) in [6.07, 6.45) is 5.20. The third kappa shape index (κ3) is 7.97. The molecule has 0 aliphatic rings. The first-order valence-electron chi connectivity index (χ1n) is 12.0. The van der Waals surface area contributed by atoms with E-state index < -0.39 is 11.5 Å². The van der Waals surface area contributed by atoms with Crippen molar-refractivity contribution >= 4 is 17.8 Å². The molecule has 2 unspecified atom stereocenters. The topological polar surface area (TPSA) is 83.4 Å². The monoisotopic (exact) mass is 495 g/mol. The maximum absolute atomic E-state index is 13.4. The van der Waals surface area contributed by atoms with Crippen LogP contribution in [0, 0.1) is 10.8 Å². The maximum atomic E-state index is 13.4. The fourth-order valence-electron chi connectivity index (χ4n) is 3.47. The second-order valence-electron chi connectivity index (χ2n) is 9.65. The minimum absolute atomic E-state index is 0.0883. The summed E-state index contributed by atoms with van der Waals surface area (Å²) in [6.45, 7) is 11.0. The Hall–Kier alpha value is -3.61. The zero-order valence-corrected chi connectivity index (χ0v) is 22.2. The molecule has 3 N–H and O–H groups in total. The number of hydrogen-bond donors (Lipinski definition) is 3. The Morgan fingerprint density at radius 2 is 1.83 bits per heavy atom. The molecule has 0 heterocycles. The van der Waals surface area contributed by atoms with Crippen molar-refractivity contribution in [1.82, 2.24) is 5.32 Å². The van der Waals surface area contributed by atoms with Crippen LogP contribution in [0.3, 0.4) is 0 Å². The van der Waals surface area contributed by atoms with Crippen LogP contribution in [0.5, 0.6) is 11.5 Å². The predicted octanol–water partition coefficient (Wildman–Crippen LogP) is 6.59. The SMILES string of the molecule is C/C=C(F)\C=C/C(C)Nc1ccc(O[C@H](c2ccccc2OC)C(C)NC(=O)C(C)(C)C)cc1C=N. The molecule has 3 atom stereocenters. The van der Waals surface area contributed by atoms with Crippen molar-refractivity contribution in [1.29, 1.82) is 5.41 Å². The standard InChI is InChI=1S/C29H38FN3O3/c1-8-22(30)14-13-19(2)32-25-16-15-23(17-21(25)18-31)36-27(20(3)33-28(34)29(4,5)6)24-11-9-10-12-26(24)35-7/h8-20,27,31-32H,1-7H3,(H,33,34)/b14-13-,22-8+,31-18?/t19?,20?,27-/m0/s1. The average molecular weight is 496 g/mol. The Bertz CT molecular complexity index is 1110. The highest BCUT2D eigenvalue weighted by Gasteiger charge is 2.30. The van der Waals surface area contributed by atoms with Crippen LogP contribution in [0.15, 0.2) is 66.5 Å². The molecule has 0 spiro atoms. The van der Waals surface area contributed by atoms with Gasteiger partial charge in [-0.2, -0.15) is 0 Å². The van der Waals surface area contributed by atoms with E-state index in [0.717, 1.165) is 11.3 Å². The number of halogens is 1. The Kier molecular flexibility index (Phi) is 10.3. The van der Waals surface area contributed by atoms with Crippen LogP contribution in [0.25, 0.3) is 0 Å². The van der Waals surface area contributed by atoms with Gasteiger partial charge in [0.15, 0.2) is 0 Å². The van der Waals surface area contributed by atoms with Gasteiger partial charge in [-0.05, 0) is 51.1 Å². The molecule has 0 saturated heterocycles. The molecule has 0 aliphatic heterocycles. The molecule has 0 bridgehead atoms. The molecule has 0 radical (unpaired) electrons. The largest absolute Gasteiger partial charge is 0.496 e. The summed E-state index contributed by atoms with van der Waals surface area (Å²) in [7, 11) is 1.60. The van der Waals surface area contributed by atoms with E-state index in [1.165, 1.54) is 18.4 Å². The molecule has 0 saturated carbocycles. The summed E-state index contributed by atoms with van der Waals surface area (Å²) in [5.74, 6) is 0.790. The highest BCUT2D eigenvalue weighted by atomic mass is 19.1. The maximum Gasteiger partial charge on any atom is 0.225 e. The molecule has 1 amide bonds. The number of carbonyl (C=O) groups excluding carboxylic acids is 1. The number of rotatable bonds is 11. The second-order valence-corrected chi connectivity index (χ2v) is 9.65. The lowest BCUT2D eigenvalue weighted by molar-refractivity contribution is -0.129. The van der Waals surface area contributed by atoms with Gasteiger partial charge < -0.3 is 25.5 Å². The van der Waals surface area contributed by atoms with E-state index in [1.807, 2.05) is 65.0 Å². The van der Waals surface area contributed by atoms with Gasteiger partial charge in [-0.15, -0.1) is 0 Å². The number of para-hydroxylation sites is 1. The van der Waals surface area contributed by atoms with Crippen molar-refractivity contribution in [3.8, 4) is 11.5 Å². The number of anilines is 1. The molecule has 2 aromatic carbocycles. The van der Waals surface area contributed by atoms with Gasteiger partial charge in [0.05, 0.1) is 13.2 Å². The van der Waals surface area contributed by atoms with Crippen molar-refractivity contribution in [3.05, 3.63) is 77.6 Å². The number of nitrogens with one attached hydrogen (secondary N) is 3. The van der Waals surface area contributed by atoms with E-state index in [9.17, 15) is 9.18 Å². The van der Waals surface area contributed by atoms with E-state index in [-0.39, 0.29) is 23.8 Å². The molecule has 0 aliphatic carbocycles. The highest BCUT2D eigenvalue weighted by molar-refractivity contribution is 5.86. The fraction of sp³-hybridized carbons (Fsp3) is 0.379. The lowest BCUT2D eigenvalue weighted by atomic mass is 9.94. The minimum atomic E-state index is -0.554. The number of amides is 1. The van der Waals surface area contributed by atoms with Gasteiger partial charge >= 0.3 is 0 Å². The number of allylic oxidation sites excluding steroid dienone is 3. The third-order valence-corrected chi connectivity index (χ3v) is 5.58. The Morgan fingerprint density at radius 3 is 2.44 bits per heavy atom. The van der Waals surface area contributed by atoms with E-state index in [1.54, 1.807) is 32.2 Å². The normalized spacial score (nSPS) is 14.6. The van der Waals surface area contributed by atoms with Gasteiger partial charge in [-0.3, -0.25) is 4.79 Å². The molecule has 2 rings (SSSR count). The average Bonchev–Trinajstić information content (AvgIpc) is 2.85. The van der Waals surface area contributed by atoms with Crippen molar-refractivity contribution in [2.75, 3.05) is 12.4 Å². The second kappa shape index (κ2) is 12.9. The van der Waals surface area contributed by atoms with Crippen LogP contribution in [-0.4, -0.2) is 31.3 Å². The zero-order chi connectivity index (χ0) is 26.9. The lowest BCUT2D eigenvalue weighted by Gasteiger charge is -2.30. The van der Waals surface area contributed by atoms with E-state index in [0.29, 0.717) is 17.1 Å². The first-order valence-corrected chi connectivity index (χ1v) is 12.0. The van der Waals surface area contributed by atoms with Gasteiger partial charge in [0.25, 0.3) is 0 Å². The number of benzene rings is 2. The van der Waals surface area contributed by atoms with Gasteiger partial charge in [0, 0.05) is 34.5 Å². The lowest BCUT2D eigenvalue weighted by Crippen LogP contribution is -2.44. The number of methoxy groups -OCH3 is 1. The van der Waals surface area contributed by atoms with E-state index in [4.69, 9.17) is 14.9 Å². The summed E-state index contributed by atoms with van der Waals surface area (Å²) in [5, 5.41) is 14.2. The Morgan fingerprint density at radius 1 is 1.14 bits per heavy atom. The van der Waals surface area contributed by atoms with E-state index >= 15 is 0 Å². The smallest absolute Gasteiger partial charge is 0.225 e. The molecule has 194 valence electrons. The van der Waals surface area contributed by atoms with Gasteiger partial charge in [-0.25, -0.2) is 4.39 Å². The molecule has 7 heteroatoms. The van der Waals surface area contributed by atoms with Crippen LogP contribution >= 0.6 is 0 Å². The number of hydrogen-bond acceptors (Lipinski definition) is 5. The minimum Gasteiger partial charge on any atom is -0.496 e. The highest BCUT2D eigenvalue weighted by Crippen LogP contribution is 2.33. The van der Waals surface area contributed by atoms with Crippen molar-refractivity contribution < 1.29 is 18.7 Å². The molecule has 0 fully saturated rings. The van der Waals surface area contributed by atoms with Crippen LogP contribution in [0.4, 0.5) is 10.1 Å². The summed E-state index contributed by atoms with van der Waals surface area (Å²) in [4.78, 5) is 12.7. The predicted molar refractivity (Wildman–Crippen MR) is 145 cm³/mol.